The molecule has 106 valence electrons. The molecule has 0 saturated carbocycles. The highest BCUT2D eigenvalue weighted by atomic mass is 32.2. The molecule has 0 amide bonds. The van der Waals surface area contributed by atoms with E-state index >= 15 is 0 Å². The lowest BCUT2D eigenvalue weighted by Crippen LogP contribution is -2.36. The smallest absolute Gasteiger partial charge is 0.240 e. The molecule has 1 heterocycles. The Morgan fingerprint density at radius 2 is 2.00 bits per heavy atom. The Labute approximate surface area is 114 Å². The molecule has 1 fully saturated rings. The van der Waals surface area contributed by atoms with Crippen molar-refractivity contribution in [1.29, 1.82) is 0 Å². The molecule has 1 aromatic carbocycles. The predicted octanol–water partition coefficient (Wildman–Crippen LogP) is 0.689. The minimum atomic E-state index is -3.43. The van der Waals surface area contributed by atoms with Gasteiger partial charge in [0, 0.05) is 18.6 Å². The van der Waals surface area contributed by atoms with Crippen LogP contribution < -0.4 is 10.5 Å². The van der Waals surface area contributed by atoms with Crippen molar-refractivity contribution < 1.29 is 8.42 Å². The fourth-order valence-electron chi connectivity index (χ4n) is 2.27. The zero-order valence-corrected chi connectivity index (χ0v) is 12.2. The van der Waals surface area contributed by atoms with Gasteiger partial charge in [0.1, 0.15) is 0 Å². The van der Waals surface area contributed by atoms with Crippen LogP contribution in [0, 0.1) is 0 Å². The van der Waals surface area contributed by atoms with E-state index in [1.165, 1.54) is 0 Å². The average molecular weight is 283 g/mol. The van der Waals surface area contributed by atoms with Crippen molar-refractivity contribution in [2.24, 2.45) is 5.73 Å². The van der Waals surface area contributed by atoms with Gasteiger partial charge < -0.3 is 10.6 Å². The second-order valence-electron chi connectivity index (χ2n) is 5.23. The summed E-state index contributed by atoms with van der Waals surface area (Å²) in [4.78, 5) is 2.42. The summed E-state index contributed by atoms with van der Waals surface area (Å²) in [7, 11) is -1.44. The van der Waals surface area contributed by atoms with Crippen LogP contribution in [-0.2, 0) is 10.0 Å². The lowest BCUT2D eigenvalue weighted by atomic mass is 10.1. The third kappa shape index (κ3) is 3.54. The van der Waals surface area contributed by atoms with Crippen LogP contribution in [0.15, 0.2) is 29.2 Å². The zero-order valence-electron chi connectivity index (χ0n) is 11.3. The van der Waals surface area contributed by atoms with Gasteiger partial charge in [-0.25, -0.2) is 13.1 Å². The molecule has 1 aromatic rings. The molecule has 0 bridgehead atoms. The molecule has 0 spiro atoms. The Balaban J connectivity index is 2.11. The van der Waals surface area contributed by atoms with E-state index in [-0.39, 0.29) is 12.1 Å². The first-order valence-electron chi connectivity index (χ1n) is 6.45. The van der Waals surface area contributed by atoms with Crippen LogP contribution in [0.2, 0.25) is 0 Å². The van der Waals surface area contributed by atoms with E-state index in [0.29, 0.717) is 4.90 Å². The number of likely N-dealkylation sites (tertiary alicyclic amines) is 1. The topological polar surface area (TPSA) is 75.4 Å². The minimum Gasteiger partial charge on any atom is -0.324 e. The average Bonchev–Trinajstić information content (AvgIpc) is 2.74. The Morgan fingerprint density at radius 3 is 2.47 bits per heavy atom. The Kier molecular flexibility index (Phi) is 4.25. The lowest BCUT2D eigenvalue weighted by Gasteiger charge is -2.14. The molecule has 0 radical (unpaired) electrons. The Morgan fingerprint density at radius 1 is 1.37 bits per heavy atom. The number of nitrogens with zero attached hydrogens (tertiary/aromatic N) is 1. The molecule has 19 heavy (non-hydrogen) atoms. The number of benzene rings is 1. The molecule has 2 unspecified atom stereocenters. The van der Waals surface area contributed by atoms with Crippen LogP contribution in [0.25, 0.3) is 0 Å². The molecule has 1 saturated heterocycles. The largest absolute Gasteiger partial charge is 0.324 e. The standard InChI is InChI=1S/C13H21N3O2S/c1-10(14)11-3-5-13(6-4-11)19(17,18)15-12-7-8-16(2)9-12/h3-6,10,12,15H,7-9,14H2,1-2H3. The van der Waals surface area contributed by atoms with Crippen molar-refractivity contribution >= 4 is 10.0 Å². The third-order valence-electron chi connectivity index (χ3n) is 3.43. The number of nitrogens with one attached hydrogen (secondary N) is 1. The fourth-order valence-corrected chi connectivity index (χ4v) is 3.53. The van der Waals surface area contributed by atoms with Crippen LogP contribution in [0.5, 0.6) is 0 Å². The van der Waals surface area contributed by atoms with Gasteiger partial charge in [-0.3, -0.25) is 0 Å². The monoisotopic (exact) mass is 283 g/mol. The van der Waals surface area contributed by atoms with Gasteiger partial charge in [-0.05, 0) is 44.6 Å². The molecule has 1 aliphatic rings. The molecule has 0 aliphatic carbocycles. The van der Waals surface area contributed by atoms with Crippen molar-refractivity contribution in [3.05, 3.63) is 29.8 Å². The first-order valence-corrected chi connectivity index (χ1v) is 7.93. The molecule has 5 nitrogen and oxygen atoms in total. The lowest BCUT2D eigenvalue weighted by molar-refractivity contribution is 0.407. The first-order chi connectivity index (χ1) is 8.88. The maximum Gasteiger partial charge on any atom is 0.240 e. The summed E-state index contributed by atoms with van der Waals surface area (Å²) in [5.41, 5.74) is 6.68. The SMILES string of the molecule is CC(N)c1ccc(S(=O)(=O)NC2CCN(C)C2)cc1. The van der Waals surface area contributed by atoms with Crippen LogP contribution in [0.3, 0.4) is 0 Å². The van der Waals surface area contributed by atoms with E-state index in [1.54, 1.807) is 24.3 Å². The maximum atomic E-state index is 12.2. The number of hydrogen-bond acceptors (Lipinski definition) is 4. The maximum absolute atomic E-state index is 12.2. The molecule has 2 atom stereocenters. The number of rotatable bonds is 4. The highest BCUT2D eigenvalue weighted by Crippen LogP contribution is 2.16. The molecule has 6 heteroatoms. The Hall–Kier alpha value is -0.950. The van der Waals surface area contributed by atoms with Crippen molar-refractivity contribution in [1.82, 2.24) is 9.62 Å². The van der Waals surface area contributed by atoms with Crippen LogP contribution in [0.1, 0.15) is 24.9 Å². The summed E-state index contributed by atoms with van der Waals surface area (Å²) in [5.74, 6) is 0. The fraction of sp³-hybridized carbons (Fsp3) is 0.538. The number of hydrogen-bond donors (Lipinski definition) is 2. The van der Waals surface area contributed by atoms with E-state index in [9.17, 15) is 8.42 Å². The van der Waals surface area contributed by atoms with Gasteiger partial charge in [-0.1, -0.05) is 12.1 Å². The summed E-state index contributed by atoms with van der Waals surface area (Å²) in [6.07, 6.45) is 0.855. The summed E-state index contributed by atoms with van der Waals surface area (Å²) in [6, 6.07) is 6.66. The van der Waals surface area contributed by atoms with Gasteiger partial charge in [-0.15, -0.1) is 0 Å². The molecule has 2 rings (SSSR count). The number of nitrogens with two attached hydrogens (primary N) is 1. The normalized spacial score (nSPS) is 22.6. The van der Waals surface area contributed by atoms with Crippen LogP contribution in [0.4, 0.5) is 0 Å². The van der Waals surface area contributed by atoms with Crippen molar-refractivity contribution in [3.8, 4) is 0 Å². The summed E-state index contributed by atoms with van der Waals surface area (Å²) >= 11 is 0. The van der Waals surface area contributed by atoms with Gasteiger partial charge in [0.15, 0.2) is 0 Å². The number of likely N-dealkylation sites (N-methyl/N-ethyl adjacent to an activating group) is 1. The molecular weight excluding hydrogens is 262 g/mol. The highest BCUT2D eigenvalue weighted by Gasteiger charge is 2.25. The van der Waals surface area contributed by atoms with E-state index in [0.717, 1.165) is 25.1 Å². The molecular formula is C13H21N3O2S. The number of sulfonamides is 1. The molecule has 1 aliphatic heterocycles. The Bertz CT molecular complexity index is 525. The van der Waals surface area contributed by atoms with E-state index < -0.39 is 10.0 Å². The predicted molar refractivity (Wildman–Crippen MR) is 75.3 cm³/mol. The summed E-state index contributed by atoms with van der Waals surface area (Å²) in [5, 5.41) is 0. The van der Waals surface area contributed by atoms with Gasteiger partial charge in [0.25, 0.3) is 0 Å². The quantitative estimate of drug-likeness (QED) is 0.852. The minimum absolute atomic E-state index is 0.00288. The van der Waals surface area contributed by atoms with E-state index in [4.69, 9.17) is 5.73 Å². The van der Waals surface area contributed by atoms with Gasteiger partial charge >= 0.3 is 0 Å². The van der Waals surface area contributed by atoms with Gasteiger partial charge in [-0.2, -0.15) is 0 Å². The molecule has 3 N–H and O–H groups in total. The van der Waals surface area contributed by atoms with Crippen LogP contribution >= 0.6 is 0 Å². The zero-order chi connectivity index (χ0) is 14.0. The van der Waals surface area contributed by atoms with Crippen LogP contribution in [-0.4, -0.2) is 39.5 Å². The second kappa shape index (κ2) is 5.58. The van der Waals surface area contributed by atoms with Gasteiger partial charge in [0.05, 0.1) is 4.90 Å². The van der Waals surface area contributed by atoms with Gasteiger partial charge in [0.2, 0.25) is 10.0 Å². The van der Waals surface area contributed by atoms with E-state index in [1.807, 2.05) is 14.0 Å². The van der Waals surface area contributed by atoms with E-state index in [2.05, 4.69) is 9.62 Å². The van der Waals surface area contributed by atoms with Crippen molar-refractivity contribution in [3.63, 3.8) is 0 Å². The second-order valence-corrected chi connectivity index (χ2v) is 6.94. The van der Waals surface area contributed by atoms with Crippen molar-refractivity contribution in [2.75, 3.05) is 20.1 Å². The summed E-state index contributed by atoms with van der Waals surface area (Å²) < 4.78 is 27.2. The summed E-state index contributed by atoms with van der Waals surface area (Å²) in [6.45, 7) is 3.56. The van der Waals surface area contributed by atoms with Crippen molar-refractivity contribution in [2.45, 2.75) is 30.3 Å². The highest BCUT2D eigenvalue weighted by molar-refractivity contribution is 7.89. The first kappa shape index (κ1) is 14.5. The third-order valence-corrected chi connectivity index (χ3v) is 4.97. The molecule has 0 aromatic heterocycles.